The molecule has 6 nitrogen and oxygen atoms in total. The lowest BCUT2D eigenvalue weighted by Crippen LogP contribution is -2.36. The Bertz CT molecular complexity index is 171. The van der Waals surface area contributed by atoms with E-state index in [0.29, 0.717) is 0 Å². The minimum Gasteiger partial charge on any atom is -0.448 e. The van der Waals surface area contributed by atoms with Crippen LogP contribution >= 0.6 is 0 Å². The van der Waals surface area contributed by atoms with Crippen molar-refractivity contribution in [3.05, 3.63) is 0 Å². The number of amides is 2. The first kappa shape index (κ1) is 10.7. The molecule has 0 bridgehead atoms. The summed E-state index contributed by atoms with van der Waals surface area (Å²) in [6.07, 6.45) is -1.61. The molecule has 0 aliphatic heterocycles. The number of rotatable bonds is 4. The summed E-state index contributed by atoms with van der Waals surface area (Å²) in [5, 5.41) is 0. The third-order valence-electron chi connectivity index (χ3n) is 0.995. The predicted octanol–water partition coefficient (Wildman–Crippen LogP) is -0.462. The second kappa shape index (κ2) is 5.36. The molecule has 0 heterocycles. The number of hydrogen-bond donors (Lipinski definition) is 2. The number of hydrogen-bond acceptors (Lipinski definition) is 4. The normalized spacial score (nSPS) is 11.8. The van der Waals surface area contributed by atoms with Gasteiger partial charge in [0.25, 0.3) is 0 Å². The number of hydroxylamine groups is 1. The van der Waals surface area contributed by atoms with Crippen LogP contribution in [0.3, 0.4) is 0 Å². The molecule has 70 valence electrons. The quantitative estimate of drug-likeness (QED) is 0.567. The summed E-state index contributed by atoms with van der Waals surface area (Å²) in [6, 6.07) is 0. The molecule has 0 aromatic heterocycles. The van der Waals surface area contributed by atoms with Gasteiger partial charge >= 0.3 is 6.09 Å². The predicted molar refractivity (Wildman–Crippen MR) is 39.9 cm³/mol. The molecule has 0 saturated heterocycles. The molecule has 0 rings (SSSR count). The van der Waals surface area contributed by atoms with Gasteiger partial charge in [0.15, 0.2) is 6.10 Å². The lowest BCUT2D eigenvalue weighted by atomic mass is 10.4. The van der Waals surface area contributed by atoms with Gasteiger partial charge in [-0.05, 0) is 13.8 Å². The molecule has 0 aliphatic carbocycles. The summed E-state index contributed by atoms with van der Waals surface area (Å²) in [5.74, 6) is -0.660. The highest BCUT2D eigenvalue weighted by atomic mass is 16.7. The maximum absolute atomic E-state index is 10.6. The minimum atomic E-state index is -0.866. The highest BCUT2D eigenvalue weighted by molar-refractivity contribution is 5.78. The molecule has 0 aromatic rings. The maximum atomic E-state index is 10.6. The third kappa shape index (κ3) is 4.51. The van der Waals surface area contributed by atoms with E-state index >= 15 is 0 Å². The lowest BCUT2D eigenvalue weighted by Gasteiger charge is -2.08. The molecule has 6 heteroatoms. The van der Waals surface area contributed by atoms with E-state index in [1.165, 1.54) is 6.92 Å². The second-order valence-corrected chi connectivity index (χ2v) is 1.98. The Kier molecular flexibility index (Phi) is 4.78. The van der Waals surface area contributed by atoms with Gasteiger partial charge in [-0.3, -0.25) is 9.63 Å². The first-order valence-electron chi connectivity index (χ1n) is 3.45. The van der Waals surface area contributed by atoms with E-state index in [0.717, 1.165) is 0 Å². The fraction of sp³-hybridized carbons (Fsp3) is 0.667. The van der Waals surface area contributed by atoms with Gasteiger partial charge in [-0.1, -0.05) is 0 Å². The molecule has 0 saturated carbocycles. The Morgan fingerprint density at radius 2 is 2.17 bits per heavy atom. The van der Waals surface area contributed by atoms with Gasteiger partial charge in [-0.25, -0.2) is 4.79 Å². The van der Waals surface area contributed by atoms with Gasteiger partial charge < -0.3 is 10.5 Å². The van der Waals surface area contributed by atoms with Crippen LogP contribution in [0.25, 0.3) is 0 Å². The molecule has 2 amide bonds. The first-order valence-corrected chi connectivity index (χ1v) is 3.45. The van der Waals surface area contributed by atoms with Gasteiger partial charge in [-0.2, -0.15) is 5.48 Å². The zero-order valence-corrected chi connectivity index (χ0v) is 6.99. The summed E-state index contributed by atoms with van der Waals surface area (Å²) >= 11 is 0. The van der Waals surface area contributed by atoms with Crippen molar-refractivity contribution in [3.8, 4) is 0 Å². The van der Waals surface area contributed by atoms with Crippen molar-refractivity contribution in [2.45, 2.75) is 20.0 Å². The van der Waals surface area contributed by atoms with E-state index in [1.54, 1.807) is 6.92 Å². The van der Waals surface area contributed by atoms with Crippen molar-refractivity contribution < 1.29 is 19.2 Å². The van der Waals surface area contributed by atoms with Crippen molar-refractivity contribution in [2.75, 3.05) is 6.61 Å². The van der Waals surface area contributed by atoms with Gasteiger partial charge in [0.1, 0.15) is 0 Å². The van der Waals surface area contributed by atoms with Crippen LogP contribution in [0.1, 0.15) is 13.8 Å². The SMILES string of the molecule is CCOC(=O)NOC(C)C(N)=O. The molecule has 1 unspecified atom stereocenters. The van der Waals surface area contributed by atoms with Crippen LogP contribution < -0.4 is 11.2 Å². The van der Waals surface area contributed by atoms with Crippen molar-refractivity contribution >= 4 is 12.0 Å². The lowest BCUT2D eigenvalue weighted by molar-refractivity contribution is -0.132. The Morgan fingerprint density at radius 1 is 1.58 bits per heavy atom. The number of primary amides is 1. The van der Waals surface area contributed by atoms with E-state index in [4.69, 9.17) is 5.73 Å². The van der Waals surface area contributed by atoms with E-state index in [-0.39, 0.29) is 6.61 Å². The largest absolute Gasteiger partial charge is 0.448 e. The highest BCUT2D eigenvalue weighted by Crippen LogP contribution is 1.85. The Labute approximate surface area is 70.0 Å². The van der Waals surface area contributed by atoms with Crippen molar-refractivity contribution in [1.82, 2.24) is 5.48 Å². The molecular formula is C6H12N2O4. The average Bonchev–Trinajstić information content (AvgIpc) is 2.00. The Hall–Kier alpha value is -1.30. The van der Waals surface area contributed by atoms with Crippen LogP contribution in [-0.2, 0) is 14.4 Å². The molecule has 3 N–H and O–H groups in total. The molecule has 0 aliphatic rings. The first-order chi connectivity index (χ1) is 5.57. The summed E-state index contributed by atoms with van der Waals surface area (Å²) in [5.41, 5.74) is 6.74. The standard InChI is InChI=1S/C6H12N2O4/c1-3-11-6(10)8-12-4(2)5(7)9/h4H,3H2,1-2H3,(H2,7,9)(H,8,10). The van der Waals surface area contributed by atoms with Gasteiger partial charge in [0, 0.05) is 0 Å². The fourth-order valence-electron chi connectivity index (χ4n) is 0.355. The zero-order chi connectivity index (χ0) is 9.56. The average molecular weight is 176 g/mol. The number of nitrogens with one attached hydrogen (secondary N) is 1. The van der Waals surface area contributed by atoms with Crippen molar-refractivity contribution in [2.24, 2.45) is 5.73 Å². The Balaban J connectivity index is 3.54. The molecule has 0 spiro atoms. The summed E-state index contributed by atoms with van der Waals surface area (Å²) in [4.78, 5) is 25.5. The van der Waals surface area contributed by atoms with Crippen LogP contribution in [0.4, 0.5) is 4.79 Å². The van der Waals surface area contributed by atoms with Crippen molar-refractivity contribution in [3.63, 3.8) is 0 Å². The van der Waals surface area contributed by atoms with Gasteiger partial charge in [0.05, 0.1) is 6.61 Å². The van der Waals surface area contributed by atoms with Crippen LogP contribution in [-0.4, -0.2) is 24.7 Å². The van der Waals surface area contributed by atoms with Crippen LogP contribution in [0, 0.1) is 0 Å². The monoisotopic (exact) mass is 176 g/mol. The zero-order valence-electron chi connectivity index (χ0n) is 6.99. The number of carbonyl (C=O) groups excluding carboxylic acids is 2. The van der Waals surface area contributed by atoms with Crippen LogP contribution in [0.5, 0.6) is 0 Å². The summed E-state index contributed by atoms with van der Waals surface area (Å²) < 4.78 is 4.44. The van der Waals surface area contributed by atoms with Crippen molar-refractivity contribution in [1.29, 1.82) is 0 Å². The summed E-state index contributed by atoms with van der Waals surface area (Å²) in [6.45, 7) is 3.30. The smallest absolute Gasteiger partial charge is 0.431 e. The fourth-order valence-corrected chi connectivity index (χ4v) is 0.355. The third-order valence-corrected chi connectivity index (χ3v) is 0.995. The number of carbonyl (C=O) groups is 2. The molecule has 12 heavy (non-hydrogen) atoms. The van der Waals surface area contributed by atoms with E-state index in [1.807, 2.05) is 5.48 Å². The van der Waals surface area contributed by atoms with Gasteiger partial charge in [0.2, 0.25) is 5.91 Å². The van der Waals surface area contributed by atoms with Crippen LogP contribution in [0.15, 0.2) is 0 Å². The molecule has 0 aromatic carbocycles. The van der Waals surface area contributed by atoms with Gasteiger partial charge in [-0.15, -0.1) is 0 Å². The van der Waals surface area contributed by atoms with E-state index in [9.17, 15) is 9.59 Å². The van der Waals surface area contributed by atoms with Crippen LogP contribution in [0.2, 0.25) is 0 Å². The number of nitrogens with two attached hydrogens (primary N) is 1. The highest BCUT2D eigenvalue weighted by Gasteiger charge is 2.10. The molecular weight excluding hydrogens is 164 g/mol. The second-order valence-electron chi connectivity index (χ2n) is 1.98. The van der Waals surface area contributed by atoms with E-state index in [2.05, 4.69) is 9.57 Å². The minimum absolute atomic E-state index is 0.236. The molecule has 1 atom stereocenters. The topological polar surface area (TPSA) is 90.7 Å². The maximum Gasteiger partial charge on any atom is 0.431 e. The molecule has 0 fully saturated rings. The Morgan fingerprint density at radius 3 is 2.58 bits per heavy atom. The number of ether oxygens (including phenoxy) is 1. The summed E-state index contributed by atoms with van der Waals surface area (Å²) in [7, 11) is 0. The molecule has 0 radical (unpaired) electrons. The van der Waals surface area contributed by atoms with E-state index < -0.39 is 18.1 Å².